The molecule has 2 atom stereocenters. The van der Waals surface area contributed by atoms with Crippen LogP contribution in [0, 0.1) is 6.92 Å². The Morgan fingerprint density at radius 3 is 2.88 bits per heavy atom. The summed E-state index contributed by atoms with van der Waals surface area (Å²) in [5, 5.41) is 12.4. The van der Waals surface area contributed by atoms with Crippen LogP contribution in [0.1, 0.15) is 30.0 Å². The van der Waals surface area contributed by atoms with Crippen LogP contribution in [0.2, 0.25) is 0 Å². The summed E-state index contributed by atoms with van der Waals surface area (Å²) in [6, 6.07) is 0.436. The van der Waals surface area contributed by atoms with Gasteiger partial charge in [-0.3, -0.25) is 0 Å². The van der Waals surface area contributed by atoms with Gasteiger partial charge < -0.3 is 15.2 Å². The van der Waals surface area contributed by atoms with Gasteiger partial charge in [0.15, 0.2) is 0 Å². The van der Waals surface area contributed by atoms with Crippen molar-refractivity contribution in [3.63, 3.8) is 0 Å². The van der Waals surface area contributed by atoms with Gasteiger partial charge in [-0.25, -0.2) is 4.98 Å². The van der Waals surface area contributed by atoms with Crippen LogP contribution in [0.5, 0.6) is 0 Å². The molecule has 2 N–H and O–H groups in total. The van der Waals surface area contributed by atoms with Crippen molar-refractivity contribution >= 4 is 11.3 Å². The molecule has 2 unspecified atom stereocenters. The van der Waals surface area contributed by atoms with E-state index in [0.717, 1.165) is 5.69 Å². The molecular formula is C11H20N2O2S. The summed E-state index contributed by atoms with van der Waals surface area (Å²) in [4.78, 5) is 5.48. The lowest BCUT2D eigenvalue weighted by molar-refractivity contribution is 0.144. The van der Waals surface area contributed by atoms with Gasteiger partial charge in [-0.05, 0) is 20.3 Å². The van der Waals surface area contributed by atoms with Crippen molar-refractivity contribution in [1.82, 2.24) is 10.3 Å². The standard InChI is InChI=1S/C11H20N2O2S/c1-8-11(16-7-12-8)9(2)13-10(4-5-14)6-15-3/h7,9-10,13-14H,4-6H2,1-3H3. The van der Waals surface area contributed by atoms with Crippen molar-refractivity contribution in [2.24, 2.45) is 0 Å². The lowest BCUT2D eigenvalue weighted by Crippen LogP contribution is -2.35. The summed E-state index contributed by atoms with van der Waals surface area (Å²) in [6.45, 7) is 4.92. The average molecular weight is 244 g/mol. The van der Waals surface area contributed by atoms with Crippen molar-refractivity contribution in [2.75, 3.05) is 20.3 Å². The molecule has 0 saturated carbocycles. The molecule has 1 aromatic heterocycles. The third kappa shape index (κ3) is 3.83. The van der Waals surface area contributed by atoms with E-state index in [4.69, 9.17) is 9.84 Å². The first-order chi connectivity index (χ1) is 7.69. The Balaban J connectivity index is 2.54. The molecule has 0 amide bonds. The van der Waals surface area contributed by atoms with E-state index < -0.39 is 0 Å². The normalized spacial score (nSPS) is 15.0. The molecule has 0 aliphatic heterocycles. The molecule has 0 fully saturated rings. The van der Waals surface area contributed by atoms with Crippen LogP contribution in [0.15, 0.2) is 5.51 Å². The summed E-state index contributed by atoms with van der Waals surface area (Å²) >= 11 is 1.66. The lowest BCUT2D eigenvalue weighted by atomic mass is 10.1. The number of nitrogens with one attached hydrogen (secondary N) is 1. The van der Waals surface area contributed by atoms with Gasteiger partial charge in [-0.15, -0.1) is 11.3 Å². The van der Waals surface area contributed by atoms with Crippen LogP contribution in [-0.4, -0.2) is 36.5 Å². The minimum Gasteiger partial charge on any atom is -0.396 e. The Labute approximate surface area is 101 Å². The number of ether oxygens (including phenoxy) is 1. The predicted molar refractivity (Wildman–Crippen MR) is 65.8 cm³/mol. The SMILES string of the molecule is COCC(CCO)NC(C)c1scnc1C. The van der Waals surface area contributed by atoms with Crippen LogP contribution in [0.3, 0.4) is 0 Å². The molecule has 0 aromatic carbocycles. The molecule has 5 heteroatoms. The number of methoxy groups -OCH3 is 1. The second-order valence-corrected chi connectivity index (χ2v) is 4.74. The van der Waals surface area contributed by atoms with Crippen molar-refractivity contribution in [3.8, 4) is 0 Å². The Morgan fingerprint density at radius 2 is 2.38 bits per heavy atom. The zero-order chi connectivity index (χ0) is 12.0. The Hall–Kier alpha value is -0.490. The van der Waals surface area contributed by atoms with E-state index in [0.29, 0.717) is 13.0 Å². The highest BCUT2D eigenvalue weighted by atomic mass is 32.1. The second-order valence-electron chi connectivity index (χ2n) is 3.85. The minimum absolute atomic E-state index is 0.176. The number of hydrogen-bond acceptors (Lipinski definition) is 5. The number of aromatic nitrogens is 1. The molecular weight excluding hydrogens is 224 g/mol. The number of aliphatic hydroxyl groups is 1. The van der Waals surface area contributed by atoms with Gasteiger partial charge in [-0.2, -0.15) is 0 Å². The van der Waals surface area contributed by atoms with Gasteiger partial charge in [0, 0.05) is 30.7 Å². The molecule has 0 saturated heterocycles. The third-order valence-corrected chi connectivity index (χ3v) is 3.62. The van der Waals surface area contributed by atoms with Crippen LogP contribution in [0.4, 0.5) is 0 Å². The van der Waals surface area contributed by atoms with E-state index in [-0.39, 0.29) is 18.7 Å². The van der Waals surface area contributed by atoms with Gasteiger partial charge >= 0.3 is 0 Å². The second kappa shape index (κ2) is 6.96. The van der Waals surface area contributed by atoms with Crippen LogP contribution in [-0.2, 0) is 4.74 Å². The maximum atomic E-state index is 8.96. The summed E-state index contributed by atoms with van der Waals surface area (Å²) in [5.74, 6) is 0. The predicted octanol–water partition coefficient (Wildman–Crippen LogP) is 1.50. The van der Waals surface area contributed by atoms with E-state index in [1.807, 2.05) is 12.4 Å². The number of rotatable bonds is 7. The lowest BCUT2D eigenvalue weighted by Gasteiger charge is -2.21. The van der Waals surface area contributed by atoms with Crippen LogP contribution < -0.4 is 5.32 Å². The summed E-state index contributed by atoms with van der Waals surface area (Å²) in [5.41, 5.74) is 2.94. The average Bonchev–Trinajstić information content (AvgIpc) is 2.65. The summed E-state index contributed by atoms with van der Waals surface area (Å²) in [7, 11) is 1.68. The van der Waals surface area contributed by atoms with E-state index in [9.17, 15) is 0 Å². The maximum absolute atomic E-state index is 8.96. The van der Waals surface area contributed by atoms with Crippen LogP contribution >= 0.6 is 11.3 Å². The fourth-order valence-corrected chi connectivity index (χ4v) is 2.55. The first-order valence-electron chi connectivity index (χ1n) is 5.44. The molecule has 1 aromatic rings. The molecule has 0 aliphatic carbocycles. The molecule has 0 spiro atoms. The van der Waals surface area contributed by atoms with E-state index >= 15 is 0 Å². The smallest absolute Gasteiger partial charge is 0.0798 e. The first-order valence-corrected chi connectivity index (χ1v) is 6.32. The van der Waals surface area contributed by atoms with Gasteiger partial charge in [0.05, 0.1) is 17.8 Å². The fraction of sp³-hybridized carbons (Fsp3) is 0.727. The topological polar surface area (TPSA) is 54.4 Å². The molecule has 16 heavy (non-hydrogen) atoms. The largest absolute Gasteiger partial charge is 0.396 e. The summed E-state index contributed by atoms with van der Waals surface area (Å²) in [6.07, 6.45) is 0.704. The first kappa shape index (κ1) is 13.6. The van der Waals surface area contributed by atoms with Gasteiger partial charge in [0.25, 0.3) is 0 Å². The zero-order valence-electron chi connectivity index (χ0n) is 10.1. The molecule has 4 nitrogen and oxygen atoms in total. The van der Waals surface area contributed by atoms with E-state index in [2.05, 4.69) is 17.2 Å². The number of thiazole rings is 1. The van der Waals surface area contributed by atoms with Crippen molar-refractivity contribution in [1.29, 1.82) is 0 Å². The molecule has 0 bridgehead atoms. The molecule has 1 rings (SSSR count). The number of aryl methyl sites for hydroxylation is 1. The minimum atomic E-state index is 0.176. The van der Waals surface area contributed by atoms with Gasteiger partial charge in [0.2, 0.25) is 0 Å². The highest BCUT2D eigenvalue weighted by Crippen LogP contribution is 2.21. The Morgan fingerprint density at radius 1 is 1.62 bits per heavy atom. The molecule has 1 heterocycles. The molecule has 0 radical (unpaired) electrons. The fourth-order valence-electron chi connectivity index (χ4n) is 1.73. The van der Waals surface area contributed by atoms with Gasteiger partial charge in [0.1, 0.15) is 0 Å². The van der Waals surface area contributed by atoms with Crippen molar-refractivity contribution < 1.29 is 9.84 Å². The molecule has 92 valence electrons. The van der Waals surface area contributed by atoms with E-state index in [1.54, 1.807) is 18.4 Å². The van der Waals surface area contributed by atoms with Crippen molar-refractivity contribution in [3.05, 3.63) is 16.1 Å². The zero-order valence-corrected chi connectivity index (χ0v) is 10.9. The monoisotopic (exact) mass is 244 g/mol. The quantitative estimate of drug-likeness (QED) is 0.763. The Bertz CT molecular complexity index is 298. The van der Waals surface area contributed by atoms with Crippen LogP contribution in [0.25, 0.3) is 0 Å². The highest BCUT2D eigenvalue weighted by molar-refractivity contribution is 7.09. The summed E-state index contributed by atoms with van der Waals surface area (Å²) < 4.78 is 5.12. The third-order valence-electron chi connectivity index (χ3n) is 2.51. The van der Waals surface area contributed by atoms with Crippen molar-refractivity contribution in [2.45, 2.75) is 32.4 Å². The van der Waals surface area contributed by atoms with E-state index in [1.165, 1.54) is 4.88 Å². The van der Waals surface area contributed by atoms with Gasteiger partial charge in [-0.1, -0.05) is 0 Å². The number of aliphatic hydroxyl groups excluding tert-OH is 1. The number of nitrogens with zero attached hydrogens (tertiary/aromatic N) is 1. The maximum Gasteiger partial charge on any atom is 0.0798 e. The molecule has 0 aliphatic rings. The Kier molecular flexibility index (Phi) is 5.90. The highest BCUT2D eigenvalue weighted by Gasteiger charge is 2.15. The number of hydrogen-bond donors (Lipinski definition) is 2.